The molecule has 1 rings (SSSR count). The summed E-state index contributed by atoms with van der Waals surface area (Å²) < 4.78 is 37.2. The predicted molar refractivity (Wildman–Crippen MR) is 47.5 cm³/mol. The molecule has 82 valence electrons. The van der Waals surface area contributed by atoms with Gasteiger partial charge in [-0.2, -0.15) is 13.2 Å². The van der Waals surface area contributed by atoms with Crippen LogP contribution in [0.3, 0.4) is 0 Å². The molecule has 0 bridgehead atoms. The third kappa shape index (κ3) is 2.12. The highest BCUT2D eigenvalue weighted by Crippen LogP contribution is 2.43. The Morgan fingerprint density at radius 1 is 1.40 bits per heavy atom. The fraction of sp³-hybridized carbons (Fsp3) is 0.143. The molecule has 0 aromatic heterocycles. The normalized spacial score (nSPS) is 11.5. The predicted octanol–water partition coefficient (Wildman–Crippen LogP) is 2.85. The molecule has 0 amide bonds. The Hall–Kier alpha value is -1.50. The van der Waals surface area contributed by atoms with Crippen LogP contribution in [0.4, 0.5) is 24.5 Å². The zero-order valence-electron chi connectivity index (χ0n) is 7.01. The van der Waals surface area contributed by atoms with Gasteiger partial charge in [0.1, 0.15) is 5.02 Å². The topological polar surface area (TPSA) is 69.2 Å². The average Bonchev–Trinajstić information content (AvgIpc) is 2.05. The van der Waals surface area contributed by atoms with Gasteiger partial charge in [-0.3, -0.25) is 10.1 Å². The van der Waals surface area contributed by atoms with E-state index < -0.39 is 33.1 Å². The van der Waals surface area contributed by atoms with E-state index in [4.69, 9.17) is 17.3 Å². The minimum atomic E-state index is -4.91. The van der Waals surface area contributed by atoms with E-state index in [2.05, 4.69) is 0 Å². The number of nitrogens with two attached hydrogens (primary N) is 1. The van der Waals surface area contributed by atoms with Crippen LogP contribution in [0.15, 0.2) is 12.1 Å². The number of nitro benzene ring substituents is 1. The summed E-state index contributed by atoms with van der Waals surface area (Å²) in [4.78, 5) is 9.20. The number of nitro groups is 1. The molecule has 4 nitrogen and oxygen atoms in total. The molecule has 0 aliphatic carbocycles. The van der Waals surface area contributed by atoms with Crippen molar-refractivity contribution in [1.29, 1.82) is 0 Å². The lowest BCUT2D eigenvalue weighted by molar-refractivity contribution is -0.387. The van der Waals surface area contributed by atoms with Gasteiger partial charge < -0.3 is 5.73 Å². The number of alkyl halides is 3. The van der Waals surface area contributed by atoms with Crippen molar-refractivity contribution in [1.82, 2.24) is 0 Å². The largest absolute Gasteiger partial charge is 0.425 e. The van der Waals surface area contributed by atoms with Crippen molar-refractivity contribution >= 4 is 23.0 Å². The van der Waals surface area contributed by atoms with Crippen LogP contribution in [-0.2, 0) is 6.18 Å². The van der Waals surface area contributed by atoms with Gasteiger partial charge in [-0.05, 0) is 12.1 Å². The fourth-order valence-electron chi connectivity index (χ4n) is 1.06. The molecule has 15 heavy (non-hydrogen) atoms. The van der Waals surface area contributed by atoms with Gasteiger partial charge in [-0.15, -0.1) is 0 Å². The van der Waals surface area contributed by atoms with Crippen molar-refractivity contribution in [3.8, 4) is 0 Å². The summed E-state index contributed by atoms with van der Waals surface area (Å²) in [6.07, 6.45) is -4.91. The van der Waals surface area contributed by atoms with Crippen LogP contribution in [0, 0.1) is 10.1 Å². The molecule has 2 N–H and O–H groups in total. The standard InChI is InChI=1S/C7H4ClF3N2O2/c8-3-1-2-4(12)5(7(9,10)11)6(3)13(14)15/h1-2H,12H2. The summed E-state index contributed by atoms with van der Waals surface area (Å²) in [7, 11) is 0. The number of rotatable bonds is 1. The highest BCUT2D eigenvalue weighted by atomic mass is 35.5. The maximum atomic E-state index is 12.4. The van der Waals surface area contributed by atoms with Gasteiger partial charge in [0.2, 0.25) is 0 Å². The van der Waals surface area contributed by atoms with Crippen molar-refractivity contribution in [2.24, 2.45) is 0 Å². The second-order valence-electron chi connectivity index (χ2n) is 2.62. The summed E-state index contributed by atoms with van der Waals surface area (Å²) in [5.41, 5.74) is 1.58. The van der Waals surface area contributed by atoms with Crippen molar-refractivity contribution in [3.63, 3.8) is 0 Å². The van der Waals surface area contributed by atoms with E-state index in [9.17, 15) is 23.3 Å². The number of hydrogen-bond acceptors (Lipinski definition) is 3. The first-order chi connectivity index (χ1) is 6.75. The van der Waals surface area contributed by atoms with Gasteiger partial charge in [0, 0.05) is 0 Å². The van der Waals surface area contributed by atoms with Crippen LogP contribution < -0.4 is 5.73 Å². The molecule has 1 aromatic carbocycles. The van der Waals surface area contributed by atoms with Gasteiger partial charge in [-0.25, -0.2) is 0 Å². The van der Waals surface area contributed by atoms with Crippen LogP contribution in [0.5, 0.6) is 0 Å². The highest BCUT2D eigenvalue weighted by molar-refractivity contribution is 6.33. The summed E-state index contributed by atoms with van der Waals surface area (Å²) >= 11 is 5.31. The minimum Gasteiger partial charge on any atom is -0.398 e. The number of nitrogens with zero attached hydrogens (tertiary/aromatic N) is 1. The monoisotopic (exact) mass is 240 g/mol. The average molecular weight is 241 g/mol. The van der Waals surface area contributed by atoms with E-state index in [1.54, 1.807) is 0 Å². The molecule has 0 unspecified atom stereocenters. The molecule has 0 aliphatic rings. The summed E-state index contributed by atoms with van der Waals surface area (Å²) in [5, 5.41) is 9.81. The second-order valence-corrected chi connectivity index (χ2v) is 3.02. The van der Waals surface area contributed by atoms with Crippen LogP contribution in [0.2, 0.25) is 5.02 Å². The maximum absolute atomic E-state index is 12.4. The second kappa shape index (κ2) is 3.58. The number of anilines is 1. The molecule has 0 saturated carbocycles. The van der Waals surface area contributed by atoms with Crippen molar-refractivity contribution < 1.29 is 18.1 Å². The zero-order chi connectivity index (χ0) is 11.8. The number of halogens is 4. The lowest BCUT2D eigenvalue weighted by Gasteiger charge is -2.10. The number of hydrogen-bond donors (Lipinski definition) is 1. The Labute approximate surface area is 86.6 Å². The molecule has 0 spiro atoms. The molecular weight excluding hydrogens is 237 g/mol. The summed E-state index contributed by atoms with van der Waals surface area (Å²) in [6, 6.07) is 1.82. The Balaban J connectivity index is 3.60. The van der Waals surface area contributed by atoms with Gasteiger partial charge >= 0.3 is 11.9 Å². The van der Waals surface area contributed by atoms with E-state index in [1.807, 2.05) is 0 Å². The van der Waals surface area contributed by atoms with E-state index in [0.717, 1.165) is 12.1 Å². The molecule has 8 heteroatoms. The highest BCUT2D eigenvalue weighted by Gasteiger charge is 2.41. The van der Waals surface area contributed by atoms with Crippen LogP contribution >= 0.6 is 11.6 Å². The smallest absolute Gasteiger partial charge is 0.398 e. The molecule has 0 saturated heterocycles. The van der Waals surface area contributed by atoms with Gasteiger partial charge in [0.25, 0.3) is 0 Å². The van der Waals surface area contributed by atoms with Crippen molar-refractivity contribution in [2.45, 2.75) is 6.18 Å². The minimum absolute atomic E-state index is 0.596. The summed E-state index contributed by atoms with van der Waals surface area (Å²) in [5.74, 6) is 0. The van der Waals surface area contributed by atoms with Crippen molar-refractivity contribution in [3.05, 3.63) is 32.8 Å². The van der Waals surface area contributed by atoms with E-state index in [0.29, 0.717) is 0 Å². The van der Waals surface area contributed by atoms with Gasteiger partial charge in [0.05, 0.1) is 10.6 Å². The van der Waals surface area contributed by atoms with Crippen LogP contribution in [-0.4, -0.2) is 4.92 Å². The third-order valence-corrected chi connectivity index (χ3v) is 1.93. The Bertz CT molecular complexity index is 419. The molecule has 0 atom stereocenters. The molecule has 0 radical (unpaired) electrons. The maximum Gasteiger partial charge on any atom is 0.425 e. The third-order valence-electron chi connectivity index (χ3n) is 1.63. The van der Waals surface area contributed by atoms with E-state index in [1.165, 1.54) is 0 Å². The fourth-order valence-corrected chi connectivity index (χ4v) is 1.28. The first kappa shape index (κ1) is 11.6. The quantitative estimate of drug-likeness (QED) is 0.466. The first-order valence-corrected chi connectivity index (χ1v) is 3.92. The number of nitrogen functional groups attached to an aromatic ring is 1. The van der Waals surface area contributed by atoms with E-state index >= 15 is 0 Å². The number of benzene rings is 1. The van der Waals surface area contributed by atoms with Crippen LogP contribution in [0.1, 0.15) is 5.56 Å². The molecule has 0 fully saturated rings. The summed E-state index contributed by atoms with van der Waals surface area (Å²) in [6.45, 7) is 0. The lowest BCUT2D eigenvalue weighted by Crippen LogP contribution is -2.12. The Kier molecular flexibility index (Phi) is 2.76. The first-order valence-electron chi connectivity index (χ1n) is 3.54. The van der Waals surface area contributed by atoms with Gasteiger partial charge in [-0.1, -0.05) is 11.6 Å². The molecule has 0 aliphatic heterocycles. The zero-order valence-corrected chi connectivity index (χ0v) is 7.76. The Morgan fingerprint density at radius 3 is 2.27 bits per heavy atom. The molecule has 0 heterocycles. The van der Waals surface area contributed by atoms with Crippen LogP contribution in [0.25, 0.3) is 0 Å². The van der Waals surface area contributed by atoms with E-state index in [-0.39, 0.29) is 0 Å². The van der Waals surface area contributed by atoms with Crippen molar-refractivity contribution in [2.75, 3.05) is 5.73 Å². The molecule has 1 aromatic rings. The molecular formula is C7H4ClF3N2O2. The Morgan fingerprint density at radius 2 is 1.93 bits per heavy atom. The SMILES string of the molecule is Nc1ccc(Cl)c([N+](=O)[O-])c1C(F)(F)F. The van der Waals surface area contributed by atoms with Gasteiger partial charge in [0.15, 0.2) is 5.56 Å². The lowest BCUT2D eigenvalue weighted by atomic mass is 10.1.